The number of hydrogen-bond donors (Lipinski definition) is 1. The Morgan fingerprint density at radius 1 is 1.07 bits per heavy atom. The zero-order valence-electron chi connectivity index (χ0n) is 14.6. The van der Waals surface area contributed by atoms with Gasteiger partial charge < -0.3 is 10.1 Å². The maximum atomic E-state index is 11.2. The highest BCUT2D eigenvalue weighted by atomic mass is 16.6. The number of anilines is 1. The molecule has 9 heteroatoms. The average Bonchev–Trinajstić information content (AvgIpc) is 3.20. The Morgan fingerprint density at radius 3 is 2.75 bits per heavy atom. The van der Waals surface area contributed by atoms with Crippen LogP contribution in [0.5, 0.6) is 5.88 Å². The van der Waals surface area contributed by atoms with E-state index < -0.39 is 4.92 Å². The lowest BCUT2D eigenvalue weighted by Gasteiger charge is -2.09. The van der Waals surface area contributed by atoms with Gasteiger partial charge in [-0.05, 0) is 28.5 Å². The van der Waals surface area contributed by atoms with Crippen LogP contribution in [0, 0.1) is 10.1 Å². The summed E-state index contributed by atoms with van der Waals surface area (Å²) >= 11 is 0. The summed E-state index contributed by atoms with van der Waals surface area (Å²) in [6, 6.07) is 15.9. The highest BCUT2D eigenvalue weighted by molar-refractivity contribution is 5.96. The molecule has 1 N–H and O–H groups in total. The van der Waals surface area contributed by atoms with Gasteiger partial charge in [-0.25, -0.2) is 4.63 Å². The number of ether oxygens (including phenoxy) is 1. The number of nitro benzene ring substituents is 1. The van der Waals surface area contributed by atoms with Gasteiger partial charge >= 0.3 is 0 Å². The number of nitrogens with zero attached hydrogens (tertiary/aromatic N) is 4. The molecule has 0 aliphatic rings. The van der Waals surface area contributed by atoms with E-state index in [2.05, 4.69) is 20.6 Å². The highest BCUT2D eigenvalue weighted by Crippen LogP contribution is 2.30. The summed E-state index contributed by atoms with van der Waals surface area (Å²) < 4.78 is 10.5. The van der Waals surface area contributed by atoms with Gasteiger partial charge in [0.1, 0.15) is 12.1 Å². The van der Waals surface area contributed by atoms with Crippen molar-refractivity contribution in [3.63, 3.8) is 0 Å². The molecule has 9 nitrogen and oxygen atoms in total. The van der Waals surface area contributed by atoms with E-state index in [9.17, 15) is 10.1 Å². The quantitative estimate of drug-likeness (QED) is 0.294. The third-order valence-corrected chi connectivity index (χ3v) is 4.11. The fourth-order valence-electron chi connectivity index (χ4n) is 2.84. The Morgan fingerprint density at radius 2 is 1.93 bits per heavy atom. The van der Waals surface area contributed by atoms with Crippen LogP contribution in [0.25, 0.3) is 22.2 Å². The molecule has 2 aromatic carbocycles. The predicted molar refractivity (Wildman–Crippen MR) is 102 cm³/mol. The number of non-ortho nitro benzene ring substituents is 1. The van der Waals surface area contributed by atoms with Gasteiger partial charge in [-0.1, -0.05) is 30.3 Å². The van der Waals surface area contributed by atoms with Crippen molar-refractivity contribution in [3.8, 4) is 17.1 Å². The Hall–Kier alpha value is -4.01. The van der Waals surface area contributed by atoms with Crippen LogP contribution in [-0.4, -0.2) is 33.4 Å². The monoisotopic (exact) mass is 377 g/mol. The second kappa shape index (κ2) is 7.70. The summed E-state index contributed by atoms with van der Waals surface area (Å²) in [7, 11) is 0. The third-order valence-electron chi connectivity index (χ3n) is 4.11. The number of nitro groups is 1. The first-order valence-electron chi connectivity index (χ1n) is 8.51. The standard InChI is InChI=1S/C19H15N5O4/c25-24(26)16-9-8-15(18-14(16)7-4-10-21-18)20-11-12-27-19-17(22-28-23-19)13-5-2-1-3-6-13/h1-10,20H,11-12H2. The van der Waals surface area contributed by atoms with Gasteiger partial charge in [-0.15, -0.1) is 0 Å². The van der Waals surface area contributed by atoms with Crippen molar-refractivity contribution in [3.05, 3.63) is 70.9 Å². The first kappa shape index (κ1) is 17.4. The van der Waals surface area contributed by atoms with Crippen LogP contribution < -0.4 is 10.1 Å². The molecule has 2 heterocycles. The topological polar surface area (TPSA) is 116 Å². The van der Waals surface area contributed by atoms with Crippen LogP contribution in [0.3, 0.4) is 0 Å². The fraction of sp³-hybridized carbons (Fsp3) is 0.105. The summed E-state index contributed by atoms with van der Waals surface area (Å²) in [5, 5.41) is 22.5. The van der Waals surface area contributed by atoms with Crippen molar-refractivity contribution in [1.29, 1.82) is 0 Å². The third kappa shape index (κ3) is 3.45. The van der Waals surface area contributed by atoms with Crippen molar-refractivity contribution in [2.24, 2.45) is 0 Å². The van der Waals surface area contributed by atoms with E-state index in [0.29, 0.717) is 41.3 Å². The summed E-state index contributed by atoms with van der Waals surface area (Å²) in [5.41, 5.74) is 2.61. The molecule has 0 aliphatic heterocycles. The number of hydrogen-bond acceptors (Lipinski definition) is 8. The minimum absolute atomic E-state index is 0.0195. The van der Waals surface area contributed by atoms with E-state index in [1.165, 1.54) is 6.07 Å². The lowest BCUT2D eigenvalue weighted by molar-refractivity contribution is -0.383. The number of nitrogens with one attached hydrogen (secondary N) is 1. The molecule has 140 valence electrons. The van der Waals surface area contributed by atoms with Crippen LogP contribution in [0.1, 0.15) is 0 Å². The van der Waals surface area contributed by atoms with Gasteiger partial charge in [0.2, 0.25) is 0 Å². The molecule has 0 bridgehead atoms. The first-order chi connectivity index (χ1) is 13.7. The molecule has 2 aromatic heterocycles. The van der Waals surface area contributed by atoms with Crippen molar-refractivity contribution >= 4 is 22.3 Å². The molecule has 0 fully saturated rings. The summed E-state index contributed by atoms with van der Waals surface area (Å²) in [6.07, 6.45) is 1.60. The Kier molecular flexibility index (Phi) is 4.79. The smallest absolute Gasteiger partial charge is 0.283 e. The van der Waals surface area contributed by atoms with E-state index >= 15 is 0 Å². The molecule has 0 radical (unpaired) electrons. The van der Waals surface area contributed by atoms with Gasteiger partial charge in [0, 0.05) is 24.4 Å². The SMILES string of the molecule is O=[N+]([O-])c1ccc(NCCOc2nonc2-c2ccccc2)c2ncccc12. The molecule has 4 aromatic rings. The maximum absolute atomic E-state index is 11.2. The van der Waals surface area contributed by atoms with E-state index in [4.69, 9.17) is 9.37 Å². The lowest BCUT2D eigenvalue weighted by Crippen LogP contribution is -2.12. The molecule has 0 saturated heterocycles. The molecule has 0 spiro atoms. The van der Waals surface area contributed by atoms with Gasteiger partial charge in [-0.3, -0.25) is 15.1 Å². The van der Waals surface area contributed by atoms with Gasteiger partial charge in [0.25, 0.3) is 11.6 Å². The second-order valence-electron chi connectivity index (χ2n) is 5.85. The number of aromatic nitrogens is 3. The fourth-order valence-corrected chi connectivity index (χ4v) is 2.84. The van der Waals surface area contributed by atoms with Crippen LogP contribution in [0.15, 0.2) is 65.4 Å². The molecular weight excluding hydrogens is 362 g/mol. The number of pyridine rings is 1. The van der Waals surface area contributed by atoms with E-state index in [1.54, 1.807) is 24.4 Å². The predicted octanol–water partition coefficient (Wildman–Crippen LogP) is 3.68. The number of rotatable bonds is 7. The Labute approximate surface area is 159 Å². The molecular formula is C19H15N5O4. The van der Waals surface area contributed by atoms with Crippen LogP contribution in [-0.2, 0) is 0 Å². The largest absolute Gasteiger partial charge is 0.472 e. The average molecular weight is 377 g/mol. The summed E-state index contributed by atoms with van der Waals surface area (Å²) in [5.74, 6) is 0.305. The normalized spacial score (nSPS) is 10.7. The van der Waals surface area contributed by atoms with E-state index in [1.807, 2.05) is 30.3 Å². The van der Waals surface area contributed by atoms with E-state index in [0.717, 1.165) is 5.56 Å². The molecule has 0 amide bonds. The number of fused-ring (bicyclic) bond motifs is 1. The van der Waals surface area contributed by atoms with Crippen LogP contribution in [0.4, 0.5) is 11.4 Å². The minimum atomic E-state index is -0.417. The highest BCUT2D eigenvalue weighted by Gasteiger charge is 2.15. The molecule has 0 saturated carbocycles. The summed E-state index contributed by atoms with van der Waals surface area (Å²) in [4.78, 5) is 15.0. The van der Waals surface area contributed by atoms with Gasteiger partial charge in [0.15, 0.2) is 5.69 Å². The molecule has 4 rings (SSSR count). The van der Waals surface area contributed by atoms with Crippen molar-refractivity contribution in [2.75, 3.05) is 18.5 Å². The van der Waals surface area contributed by atoms with E-state index in [-0.39, 0.29) is 5.69 Å². The molecule has 0 unspecified atom stereocenters. The van der Waals surface area contributed by atoms with Gasteiger partial charge in [-0.2, -0.15) is 0 Å². The molecule has 28 heavy (non-hydrogen) atoms. The van der Waals surface area contributed by atoms with Crippen LogP contribution in [0.2, 0.25) is 0 Å². The van der Waals surface area contributed by atoms with Gasteiger partial charge in [0.05, 0.1) is 16.0 Å². The Bertz CT molecular complexity index is 1110. The maximum Gasteiger partial charge on any atom is 0.283 e. The molecule has 0 aliphatic carbocycles. The van der Waals surface area contributed by atoms with Crippen molar-refractivity contribution in [1.82, 2.24) is 15.3 Å². The van der Waals surface area contributed by atoms with Crippen molar-refractivity contribution < 1.29 is 14.3 Å². The zero-order valence-corrected chi connectivity index (χ0v) is 14.6. The van der Waals surface area contributed by atoms with Crippen molar-refractivity contribution in [2.45, 2.75) is 0 Å². The van der Waals surface area contributed by atoms with Crippen LogP contribution >= 0.6 is 0 Å². The lowest BCUT2D eigenvalue weighted by atomic mass is 10.1. The zero-order chi connectivity index (χ0) is 19.3. The second-order valence-corrected chi connectivity index (χ2v) is 5.85. The summed E-state index contributed by atoms with van der Waals surface area (Å²) in [6.45, 7) is 0.726. The Balaban J connectivity index is 1.44. The molecule has 0 atom stereocenters. The number of benzene rings is 2. The minimum Gasteiger partial charge on any atom is -0.472 e. The first-order valence-corrected chi connectivity index (χ1v) is 8.51.